The molecule has 0 aromatic carbocycles. The Bertz CT molecular complexity index is 534. The number of aliphatic hydroxyl groups excluding tert-OH is 1. The molecule has 3 rings (SSSR count). The van der Waals surface area contributed by atoms with Gasteiger partial charge in [0.1, 0.15) is 11.5 Å². The molecular weight excluding hydrogens is 220 g/mol. The zero-order valence-electron chi connectivity index (χ0n) is 9.37. The number of hydrogen-bond acceptors (Lipinski definition) is 6. The molecule has 0 aliphatic heterocycles. The van der Waals surface area contributed by atoms with Gasteiger partial charge < -0.3 is 9.63 Å². The standard InChI is InChI=1S/C11H12N4O2/c1-6-12-3-2-9(13-6)10-14-11(17-15-10)7-4-8(16)5-7/h2-3,7-8,16H,4-5H2,1H3. The fourth-order valence-corrected chi connectivity index (χ4v) is 1.88. The fraction of sp³-hybridized carbons (Fsp3) is 0.455. The van der Waals surface area contributed by atoms with Gasteiger partial charge in [0.2, 0.25) is 11.7 Å². The molecule has 0 amide bonds. The van der Waals surface area contributed by atoms with Crippen LogP contribution in [0.3, 0.4) is 0 Å². The number of hydrogen-bond donors (Lipinski definition) is 1. The van der Waals surface area contributed by atoms with E-state index in [0.29, 0.717) is 36.1 Å². The van der Waals surface area contributed by atoms with Crippen LogP contribution in [-0.2, 0) is 0 Å². The van der Waals surface area contributed by atoms with Crippen molar-refractivity contribution in [2.75, 3.05) is 0 Å². The van der Waals surface area contributed by atoms with E-state index in [1.165, 1.54) is 0 Å². The van der Waals surface area contributed by atoms with Gasteiger partial charge in [-0.1, -0.05) is 5.16 Å². The van der Waals surface area contributed by atoms with Crippen molar-refractivity contribution in [2.24, 2.45) is 0 Å². The summed E-state index contributed by atoms with van der Waals surface area (Å²) in [6, 6.07) is 1.75. The maximum absolute atomic E-state index is 9.23. The van der Waals surface area contributed by atoms with Crippen molar-refractivity contribution < 1.29 is 9.63 Å². The molecule has 6 heteroatoms. The largest absolute Gasteiger partial charge is 0.393 e. The first-order chi connectivity index (χ1) is 8.22. The number of nitrogens with zero attached hydrogens (tertiary/aromatic N) is 4. The highest BCUT2D eigenvalue weighted by molar-refractivity contribution is 5.47. The van der Waals surface area contributed by atoms with Crippen LogP contribution in [0.25, 0.3) is 11.5 Å². The lowest BCUT2D eigenvalue weighted by Crippen LogP contribution is -2.26. The van der Waals surface area contributed by atoms with Crippen LogP contribution in [0.5, 0.6) is 0 Å². The maximum atomic E-state index is 9.23. The molecule has 6 nitrogen and oxygen atoms in total. The summed E-state index contributed by atoms with van der Waals surface area (Å²) < 4.78 is 5.18. The average Bonchev–Trinajstić information content (AvgIpc) is 2.74. The minimum atomic E-state index is -0.225. The molecular formula is C11H12N4O2. The van der Waals surface area contributed by atoms with Gasteiger partial charge in [0.05, 0.1) is 6.10 Å². The molecule has 1 N–H and O–H groups in total. The highest BCUT2D eigenvalue weighted by Crippen LogP contribution is 2.36. The third-order valence-electron chi connectivity index (χ3n) is 2.91. The van der Waals surface area contributed by atoms with E-state index in [4.69, 9.17) is 4.52 Å². The van der Waals surface area contributed by atoms with E-state index in [2.05, 4.69) is 20.1 Å². The minimum Gasteiger partial charge on any atom is -0.393 e. The van der Waals surface area contributed by atoms with Crippen LogP contribution in [-0.4, -0.2) is 31.3 Å². The number of aliphatic hydroxyl groups is 1. The van der Waals surface area contributed by atoms with E-state index in [0.717, 1.165) is 0 Å². The van der Waals surface area contributed by atoms with Crippen molar-refractivity contribution >= 4 is 0 Å². The van der Waals surface area contributed by atoms with Gasteiger partial charge in [-0.25, -0.2) is 9.97 Å². The van der Waals surface area contributed by atoms with Gasteiger partial charge >= 0.3 is 0 Å². The van der Waals surface area contributed by atoms with Gasteiger partial charge in [0.15, 0.2) is 0 Å². The SMILES string of the molecule is Cc1nccc(-c2noc(C3CC(O)C3)n2)n1. The van der Waals surface area contributed by atoms with E-state index in [-0.39, 0.29) is 12.0 Å². The topological polar surface area (TPSA) is 84.9 Å². The van der Waals surface area contributed by atoms with E-state index < -0.39 is 0 Å². The van der Waals surface area contributed by atoms with Crippen LogP contribution in [0.15, 0.2) is 16.8 Å². The average molecular weight is 232 g/mol. The Morgan fingerprint density at radius 3 is 2.88 bits per heavy atom. The second kappa shape index (κ2) is 3.89. The van der Waals surface area contributed by atoms with Gasteiger partial charge in [0, 0.05) is 12.1 Å². The molecule has 2 aromatic rings. The summed E-state index contributed by atoms with van der Waals surface area (Å²) in [6.07, 6.45) is 2.84. The molecule has 0 bridgehead atoms. The number of aryl methyl sites for hydroxylation is 1. The third kappa shape index (κ3) is 1.91. The Balaban J connectivity index is 1.85. The van der Waals surface area contributed by atoms with Crippen LogP contribution in [0.4, 0.5) is 0 Å². The van der Waals surface area contributed by atoms with Crippen molar-refractivity contribution in [3.63, 3.8) is 0 Å². The monoisotopic (exact) mass is 232 g/mol. The zero-order valence-corrected chi connectivity index (χ0v) is 9.37. The minimum absolute atomic E-state index is 0.189. The first kappa shape index (κ1) is 10.3. The first-order valence-corrected chi connectivity index (χ1v) is 5.54. The predicted octanol–water partition coefficient (Wildman–Crippen LogP) is 1.07. The van der Waals surface area contributed by atoms with Crippen LogP contribution >= 0.6 is 0 Å². The van der Waals surface area contributed by atoms with Crippen molar-refractivity contribution in [1.82, 2.24) is 20.1 Å². The first-order valence-electron chi connectivity index (χ1n) is 5.54. The number of rotatable bonds is 2. The zero-order chi connectivity index (χ0) is 11.8. The lowest BCUT2D eigenvalue weighted by Gasteiger charge is -2.27. The van der Waals surface area contributed by atoms with E-state index >= 15 is 0 Å². The fourth-order valence-electron chi connectivity index (χ4n) is 1.88. The third-order valence-corrected chi connectivity index (χ3v) is 2.91. The second-order valence-electron chi connectivity index (χ2n) is 4.27. The van der Waals surface area contributed by atoms with Crippen LogP contribution < -0.4 is 0 Å². The molecule has 1 fully saturated rings. The molecule has 0 atom stereocenters. The van der Waals surface area contributed by atoms with E-state index in [1.807, 2.05) is 6.92 Å². The molecule has 2 heterocycles. The summed E-state index contributed by atoms with van der Waals surface area (Å²) >= 11 is 0. The van der Waals surface area contributed by atoms with Crippen molar-refractivity contribution in [1.29, 1.82) is 0 Å². The molecule has 0 radical (unpaired) electrons. The molecule has 2 aromatic heterocycles. The molecule has 1 saturated carbocycles. The Kier molecular flexibility index (Phi) is 2.36. The highest BCUT2D eigenvalue weighted by atomic mass is 16.5. The summed E-state index contributed by atoms with van der Waals surface area (Å²) in [5, 5.41) is 13.1. The Morgan fingerprint density at radius 1 is 1.35 bits per heavy atom. The van der Waals surface area contributed by atoms with E-state index in [9.17, 15) is 5.11 Å². The normalized spacial score (nSPS) is 23.4. The Labute approximate surface area is 97.7 Å². The lowest BCUT2D eigenvalue weighted by molar-refractivity contribution is 0.0625. The molecule has 0 unspecified atom stereocenters. The van der Waals surface area contributed by atoms with Gasteiger partial charge in [-0.15, -0.1) is 0 Å². The highest BCUT2D eigenvalue weighted by Gasteiger charge is 2.33. The predicted molar refractivity (Wildman–Crippen MR) is 58.0 cm³/mol. The molecule has 1 aliphatic rings. The second-order valence-corrected chi connectivity index (χ2v) is 4.27. The van der Waals surface area contributed by atoms with E-state index in [1.54, 1.807) is 12.3 Å². The van der Waals surface area contributed by atoms with Gasteiger partial charge in [-0.05, 0) is 25.8 Å². The Morgan fingerprint density at radius 2 is 2.18 bits per heavy atom. The van der Waals surface area contributed by atoms with Crippen LogP contribution in [0, 0.1) is 6.92 Å². The molecule has 17 heavy (non-hydrogen) atoms. The summed E-state index contributed by atoms with van der Waals surface area (Å²) in [4.78, 5) is 12.5. The summed E-state index contributed by atoms with van der Waals surface area (Å²) in [7, 11) is 0. The van der Waals surface area contributed by atoms with Gasteiger partial charge in [0.25, 0.3) is 0 Å². The lowest BCUT2D eigenvalue weighted by atomic mass is 9.82. The van der Waals surface area contributed by atoms with Crippen molar-refractivity contribution in [3.05, 3.63) is 24.0 Å². The molecule has 0 saturated heterocycles. The van der Waals surface area contributed by atoms with Crippen molar-refractivity contribution in [3.8, 4) is 11.5 Å². The summed E-state index contributed by atoms with van der Waals surface area (Å²) in [6.45, 7) is 1.81. The molecule has 88 valence electrons. The smallest absolute Gasteiger partial charge is 0.230 e. The molecule has 0 spiro atoms. The maximum Gasteiger partial charge on any atom is 0.230 e. The van der Waals surface area contributed by atoms with Gasteiger partial charge in [-0.2, -0.15) is 4.98 Å². The van der Waals surface area contributed by atoms with Crippen LogP contribution in [0.1, 0.15) is 30.5 Å². The van der Waals surface area contributed by atoms with Crippen LogP contribution in [0.2, 0.25) is 0 Å². The molecule has 1 aliphatic carbocycles. The summed E-state index contributed by atoms with van der Waals surface area (Å²) in [5.74, 6) is 1.93. The quantitative estimate of drug-likeness (QED) is 0.833. The number of aromatic nitrogens is 4. The summed E-state index contributed by atoms with van der Waals surface area (Å²) in [5.41, 5.74) is 0.660. The van der Waals surface area contributed by atoms with Crippen molar-refractivity contribution in [2.45, 2.75) is 31.8 Å². The van der Waals surface area contributed by atoms with Gasteiger partial charge in [-0.3, -0.25) is 0 Å². The Hall–Kier alpha value is -1.82.